The number of nitrogens with one attached hydrogen (secondary N) is 1. The number of anilines is 1. The molecule has 25 heavy (non-hydrogen) atoms. The quantitative estimate of drug-likeness (QED) is 0.332. The first-order valence-corrected chi connectivity index (χ1v) is 9.67. The molecule has 4 nitrogen and oxygen atoms in total. The topological polar surface area (TPSA) is 55.4 Å². The smallest absolute Gasteiger partial charge is 0.310 e. The summed E-state index contributed by atoms with van der Waals surface area (Å²) in [4.78, 5) is 24.9. The Hall–Kier alpha value is -0.760. The maximum atomic E-state index is 12.6. The molecule has 0 fully saturated rings. The van der Waals surface area contributed by atoms with E-state index < -0.39 is 17.8 Å². The van der Waals surface area contributed by atoms with Crippen molar-refractivity contribution in [1.82, 2.24) is 0 Å². The van der Waals surface area contributed by atoms with Crippen molar-refractivity contribution in [3.63, 3.8) is 0 Å². The van der Waals surface area contributed by atoms with E-state index in [4.69, 9.17) is 39.5 Å². The average molecular weight is 515 g/mol. The summed E-state index contributed by atoms with van der Waals surface area (Å²) in [7, 11) is 0. The van der Waals surface area contributed by atoms with Crippen LogP contribution in [0.2, 0.25) is 0 Å². The number of amides is 1. The van der Waals surface area contributed by atoms with E-state index in [9.17, 15) is 9.59 Å². The van der Waals surface area contributed by atoms with Gasteiger partial charge in [0, 0.05) is 9.26 Å². The van der Waals surface area contributed by atoms with E-state index in [2.05, 4.69) is 27.9 Å². The van der Waals surface area contributed by atoms with Crippen LogP contribution in [0, 0.1) is 15.4 Å². The predicted octanol–water partition coefficient (Wildman–Crippen LogP) is 5.24. The number of halogens is 4. The monoisotopic (exact) mass is 513 g/mol. The largest absolute Gasteiger partial charge is 0.460 e. The Balaban J connectivity index is 2.03. The van der Waals surface area contributed by atoms with E-state index in [0.29, 0.717) is 18.5 Å². The number of hydrogen-bond donors (Lipinski definition) is 1. The zero-order valence-corrected chi connectivity index (χ0v) is 17.4. The first kappa shape index (κ1) is 20.6. The van der Waals surface area contributed by atoms with Crippen LogP contribution >= 0.6 is 57.4 Å². The highest BCUT2D eigenvalue weighted by atomic mass is 127. The molecule has 0 saturated heterocycles. The van der Waals surface area contributed by atoms with Crippen LogP contribution < -0.4 is 5.32 Å². The van der Waals surface area contributed by atoms with Crippen molar-refractivity contribution in [2.24, 2.45) is 11.8 Å². The number of esters is 1. The molecule has 2 atom stereocenters. The van der Waals surface area contributed by atoms with Crippen molar-refractivity contribution in [2.45, 2.75) is 12.8 Å². The fourth-order valence-electron chi connectivity index (χ4n) is 2.43. The second-order valence-electron chi connectivity index (χ2n) is 5.42. The van der Waals surface area contributed by atoms with E-state index >= 15 is 0 Å². The van der Waals surface area contributed by atoms with E-state index in [-0.39, 0.29) is 22.0 Å². The van der Waals surface area contributed by atoms with Gasteiger partial charge in [0.1, 0.15) is 11.1 Å². The number of carbonyl (C=O) groups is 2. The number of carbonyl (C=O) groups excluding carboxylic acids is 2. The molecule has 0 aliphatic heterocycles. The van der Waals surface area contributed by atoms with Crippen LogP contribution in [0.25, 0.3) is 0 Å². The standard InChI is InChI=1S/C17H15Cl3INO3/c18-14(15(19)20)9-25-17(24)13-4-2-1-3-12(13)16(23)22-11-7-5-10(21)6-8-11/h1-2,5-8,12-13H,3-4,9H2,(H,22,23)/t12-,13-/m0/s1. The minimum atomic E-state index is -0.576. The van der Waals surface area contributed by atoms with Crippen molar-refractivity contribution >= 4 is 75.0 Å². The van der Waals surface area contributed by atoms with Gasteiger partial charge in [-0.05, 0) is 59.7 Å². The summed E-state index contributed by atoms with van der Waals surface area (Å²) < 4.78 is 6.06. The molecular weight excluding hydrogens is 499 g/mol. The lowest BCUT2D eigenvalue weighted by Crippen LogP contribution is -2.36. The van der Waals surface area contributed by atoms with Crippen LogP contribution in [0.5, 0.6) is 0 Å². The summed E-state index contributed by atoms with van der Waals surface area (Å²) in [5.41, 5.74) is 0.687. The molecule has 0 bridgehead atoms. The molecule has 134 valence electrons. The third-order valence-corrected chi connectivity index (χ3v) is 5.40. The molecule has 2 rings (SSSR count). The van der Waals surface area contributed by atoms with Gasteiger partial charge in [0.25, 0.3) is 0 Å². The lowest BCUT2D eigenvalue weighted by atomic mass is 9.82. The molecule has 1 N–H and O–H groups in total. The van der Waals surface area contributed by atoms with Gasteiger partial charge in [0.15, 0.2) is 0 Å². The molecule has 1 aliphatic carbocycles. The van der Waals surface area contributed by atoms with Crippen LogP contribution in [-0.4, -0.2) is 18.5 Å². The highest BCUT2D eigenvalue weighted by molar-refractivity contribution is 14.1. The molecule has 0 heterocycles. The van der Waals surface area contributed by atoms with Crippen LogP contribution in [-0.2, 0) is 14.3 Å². The number of rotatable bonds is 5. The van der Waals surface area contributed by atoms with Gasteiger partial charge in [0.2, 0.25) is 5.91 Å². The third kappa shape index (κ3) is 6.16. The van der Waals surface area contributed by atoms with Crippen molar-refractivity contribution < 1.29 is 14.3 Å². The molecule has 8 heteroatoms. The van der Waals surface area contributed by atoms with Gasteiger partial charge in [-0.1, -0.05) is 47.0 Å². The number of hydrogen-bond acceptors (Lipinski definition) is 3. The van der Waals surface area contributed by atoms with Gasteiger partial charge < -0.3 is 10.1 Å². The van der Waals surface area contributed by atoms with Gasteiger partial charge in [-0.3, -0.25) is 9.59 Å². The first-order valence-electron chi connectivity index (χ1n) is 7.46. The summed E-state index contributed by atoms with van der Waals surface area (Å²) in [5.74, 6) is -1.80. The summed E-state index contributed by atoms with van der Waals surface area (Å²) in [6.45, 7) is -0.214. The zero-order valence-electron chi connectivity index (χ0n) is 13.0. The summed E-state index contributed by atoms with van der Waals surface area (Å²) in [5, 5.41) is 2.89. The van der Waals surface area contributed by atoms with E-state index in [1.165, 1.54) is 0 Å². The predicted molar refractivity (Wildman–Crippen MR) is 109 cm³/mol. The van der Waals surface area contributed by atoms with E-state index in [1.54, 1.807) is 0 Å². The molecule has 0 unspecified atom stereocenters. The number of ether oxygens (including phenoxy) is 1. The molecule has 0 aromatic heterocycles. The fraction of sp³-hybridized carbons (Fsp3) is 0.294. The average Bonchev–Trinajstić information content (AvgIpc) is 2.61. The van der Waals surface area contributed by atoms with Crippen molar-refractivity contribution in [1.29, 1.82) is 0 Å². The van der Waals surface area contributed by atoms with Gasteiger partial charge in [0.05, 0.1) is 16.9 Å². The second-order valence-corrected chi connectivity index (χ2v) is 8.08. The SMILES string of the molecule is O=C(Nc1ccc(I)cc1)[C@H]1CC=CC[C@@H]1C(=O)OCC(Cl)=C(Cl)Cl. The number of allylic oxidation sites excluding steroid dienone is 2. The Bertz CT molecular complexity index is 700. The first-order chi connectivity index (χ1) is 11.9. The Morgan fingerprint density at radius 3 is 2.28 bits per heavy atom. The molecule has 1 amide bonds. The van der Waals surface area contributed by atoms with Crippen LogP contribution in [0.4, 0.5) is 5.69 Å². The summed E-state index contributed by atoms with van der Waals surface area (Å²) in [6, 6.07) is 7.43. The summed E-state index contributed by atoms with van der Waals surface area (Å²) >= 11 is 19.0. The minimum Gasteiger partial charge on any atom is -0.460 e. The molecule has 1 aromatic carbocycles. The highest BCUT2D eigenvalue weighted by Crippen LogP contribution is 2.29. The normalized spacial score (nSPS) is 19.2. The molecule has 1 aliphatic rings. The highest BCUT2D eigenvalue weighted by Gasteiger charge is 2.35. The maximum Gasteiger partial charge on any atom is 0.310 e. The molecular formula is C17H15Cl3INO3. The van der Waals surface area contributed by atoms with Crippen molar-refractivity contribution in [3.8, 4) is 0 Å². The Kier molecular flexibility index (Phi) is 8.06. The van der Waals surface area contributed by atoms with Crippen molar-refractivity contribution in [2.75, 3.05) is 11.9 Å². The molecule has 0 spiro atoms. The Labute approximate surface area is 174 Å². The third-order valence-electron chi connectivity index (χ3n) is 3.73. The van der Waals surface area contributed by atoms with E-state index in [1.807, 2.05) is 36.4 Å². The van der Waals surface area contributed by atoms with Gasteiger partial charge in [-0.2, -0.15) is 0 Å². The Morgan fingerprint density at radius 2 is 1.68 bits per heavy atom. The fourth-order valence-corrected chi connectivity index (χ4v) is 2.95. The molecule has 1 aromatic rings. The van der Waals surface area contributed by atoms with Gasteiger partial charge >= 0.3 is 5.97 Å². The lowest BCUT2D eigenvalue weighted by Gasteiger charge is -2.26. The van der Waals surface area contributed by atoms with Crippen LogP contribution in [0.1, 0.15) is 12.8 Å². The lowest BCUT2D eigenvalue weighted by molar-refractivity contribution is -0.151. The van der Waals surface area contributed by atoms with Crippen LogP contribution in [0.15, 0.2) is 45.9 Å². The molecule has 0 radical (unpaired) electrons. The second kappa shape index (κ2) is 9.80. The summed E-state index contributed by atoms with van der Waals surface area (Å²) in [6.07, 6.45) is 4.66. The van der Waals surface area contributed by atoms with Gasteiger partial charge in [-0.15, -0.1) is 0 Å². The van der Waals surface area contributed by atoms with Crippen LogP contribution in [0.3, 0.4) is 0 Å². The van der Waals surface area contributed by atoms with E-state index in [0.717, 1.165) is 3.57 Å². The number of benzene rings is 1. The maximum absolute atomic E-state index is 12.6. The zero-order chi connectivity index (χ0) is 18.4. The van der Waals surface area contributed by atoms with Gasteiger partial charge in [-0.25, -0.2) is 0 Å². The Morgan fingerprint density at radius 1 is 1.08 bits per heavy atom. The molecule has 0 saturated carbocycles. The van der Waals surface area contributed by atoms with Crippen molar-refractivity contribution in [3.05, 3.63) is 49.5 Å². The minimum absolute atomic E-state index is 0.0444.